The molecule has 0 amide bonds. The highest BCUT2D eigenvalue weighted by Crippen LogP contribution is 2.27. The molecule has 0 fully saturated rings. The molecule has 4 heteroatoms. The molecule has 0 heterocycles. The predicted octanol–water partition coefficient (Wildman–Crippen LogP) is 4.24. The van der Waals surface area contributed by atoms with E-state index in [1.165, 1.54) is 0 Å². The van der Waals surface area contributed by atoms with E-state index in [4.69, 9.17) is 0 Å². The van der Waals surface area contributed by atoms with Crippen molar-refractivity contribution < 1.29 is 5.11 Å². The van der Waals surface area contributed by atoms with Crippen LogP contribution in [-0.2, 0) is 0 Å². The molecule has 1 rings (SSSR count). The Bertz CT molecular complexity index is 316. The number of phenols is 1. The van der Waals surface area contributed by atoms with E-state index in [-0.39, 0.29) is 5.75 Å². The third-order valence-corrected chi connectivity index (χ3v) is 2.21. The summed E-state index contributed by atoms with van der Waals surface area (Å²) in [7, 11) is 0. The van der Waals surface area contributed by atoms with Gasteiger partial charge in [0.1, 0.15) is 5.75 Å². The molecule has 0 spiro atoms. The molecule has 1 N–H and O–H groups in total. The lowest BCUT2D eigenvalue weighted by atomic mass is 10.2. The van der Waals surface area contributed by atoms with Crippen LogP contribution in [0.25, 0.3) is 6.08 Å². The van der Waals surface area contributed by atoms with E-state index < -0.39 is 0 Å². The Morgan fingerprint density at radius 3 is 2.58 bits per heavy atom. The van der Waals surface area contributed by atoms with Gasteiger partial charge in [-0.05, 0) is 56.1 Å². The first kappa shape index (κ1) is 10.3. The summed E-state index contributed by atoms with van der Waals surface area (Å²) >= 11 is 9.76. The van der Waals surface area contributed by atoms with Gasteiger partial charge < -0.3 is 5.11 Å². The Balaban J connectivity index is 3.14. The summed E-state index contributed by atoms with van der Waals surface area (Å²) in [6, 6.07) is 5.26. The summed E-state index contributed by atoms with van der Waals surface area (Å²) in [5.74, 6) is 0.259. The topological polar surface area (TPSA) is 20.2 Å². The van der Waals surface area contributed by atoms with Crippen molar-refractivity contribution in [3.05, 3.63) is 31.6 Å². The normalized spacial score (nSPS) is 9.58. The zero-order valence-electron chi connectivity index (χ0n) is 5.89. The molecular formula is C8H5Br3O. The molecule has 1 aromatic rings. The van der Waals surface area contributed by atoms with Gasteiger partial charge >= 0.3 is 0 Å². The Labute approximate surface area is 95.9 Å². The third kappa shape index (κ3) is 2.92. The number of halogens is 3. The van der Waals surface area contributed by atoms with Crippen LogP contribution in [0.3, 0.4) is 0 Å². The summed E-state index contributed by atoms with van der Waals surface area (Å²) in [5, 5.41) is 9.38. The maximum Gasteiger partial charge on any atom is 0.122 e. The first-order chi connectivity index (χ1) is 5.59. The van der Waals surface area contributed by atoms with E-state index >= 15 is 0 Å². The molecule has 0 radical (unpaired) electrons. The maximum atomic E-state index is 9.38. The van der Waals surface area contributed by atoms with Gasteiger partial charge in [0.15, 0.2) is 0 Å². The zero-order valence-corrected chi connectivity index (χ0v) is 10.6. The van der Waals surface area contributed by atoms with Crippen molar-refractivity contribution in [2.45, 2.75) is 0 Å². The standard InChI is InChI=1S/C8H5Br3O/c9-6-1-2-7(12)5(3-6)4-8(10)11/h1-4,12H. The number of aromatic hydroxyl groups is 1. The zero-order chi connectivity index (χ0) is 9.14. The Morgan fingerprint density at radius 1 is 1.33 bits per heavy atom. The second-order valence-corrected chi connectivity index (χ2v) is 5.83. The summed E-state index contributed by atoms with van der Waals surface area (Å²) in [4.78, 5) is 0. The molecule has 0 saturated carbocycles. The summed E-state index contributed by atoms with van der Waals surface area (Å²) < 4.78 is 1.73. The number of hydrogen-bond acceptors (Lipinski definition) is 1. The van der Waals surface area contributed by atoms with Crippen LogP contribution in [0.5, 0.6) is 5.75 Å². The van der Waals surface area contributed by atoms with E-state index in [0.29, 0.717) is 0 Å². The molecule has 0 aromatic heterocycles. The maximum absolute atomic E-state index is 9.38. The summed E-state index contributed by atoms with van der Waals surface area (Å²) in [5.41, 5.74) is 0.758. The van der Waals surface area contributed by atoms with Gasteiger partial charge in [0.2, 0.25) is 0 Å². The molecule has 0 atom stereocenters. The molecule has 12 heavy (non-hydrogen) atoms. The average Bonchev–Trinajstić information content (AvgIpc) is 1.96. The summed E-state index contributed by atoms with van der Waals surface area (Å²) in [6.45, 7) is 0. The Kier molecular flexibility index (Phi) is 3.80. The van der Waals surface area contributed by atoms with Crippen molar-refractivity contribution in [1.29, 1.82) is 0 Å². The SMILES string of the molecule is Oc1ccc(Br)cc1C=C(Br)Br. The van der Waals surface area contributed by atoms with Crippen LogP contribution in [0.1, 0.15) is 5.56 Å². The average molecular weight is 357 g/mol. The minimum Gasteiger partial charge on any atom is -0.507 e. The van der Waals surface area contributed by atoms with Crippen LogP contribution in [0.2, 0.25) is 0 Å². The van der Waals surface area contributed by atoms with Crippen molar-refractivity contribution in [3.63, 3.8) is 0 Å². The number of hydrogen-bond donors (Lipinski definition) is 1. The van der Waals surface area contributed by atoms with E-state index in [0.717, 1.165) is 13.4 Å². The molecule has 0 aliphatic carbocycles. The third-order valence-electron chi connectivity index (χ3n) is 1.25. The highest BCUT2D eigenvalue weighted by Gasteiger charge is 1.98. The smallest absolute Gasteiger partial charge is 0.122 e. The van der Waals surface area contributed by atoms with Crippen LogP contribution in [0.15, 0.2) is 26.1 Å². The second-order valence-electron chi connectivity index (χ2n) is 2.14. The number of phenolic OH excluding ortho intramolecular Hbond substituents is 1. The van der Waals surface area contributed by atoms with Gasteiger partial charge in [0.25, 0.3) is 0 Å². The minimum absolute atomic E-state index is 0.259. The molecular weight excluding hydrogens is 352 g/mol. The molecule has 0 saturated heterocycles. The molecule has 1 nitrogen and oxygen atoms in total. The van der Waals surface area contributed by atoms with Gasteiger partial charge in [-0.1, -0.05) is 15.9 Å². The van der Waals surface area contributed by atoms with Crippen molar-refractivity contribution in [3.8, 4) is 5.75 Å². The molecule has 0 bridgehead atoms. The largest absolute Gasteiger partial charge is 0.507 e. The lowest BCUT2D eigenvalue weighted by molar-refractivity contribution is 0.474. The van der Waals surface area contributed by atoms with E-state index in [9.17, 15) is 5.11 Å². The van der Waals surface area contributed by atoms with Gasteiger partial charge in [0, 0.05) is 10.0 Å². The van der Waals surface area contributed by atoms with Gasteiger partial charge in [-0.15, -0.1) is 0 Å². The minimum atomic E-state index is 0.259. The fourth-order valence-corrected chi connectivity index (χ4v) is 1.63. The monoisotopic (exact) mass is 354 g/mol. The molecule has 0 aliphatic heterocycles. The van der Waals surface area contributed by atoms with Crippen molar-refractivity contribution in [2.75, 3.05) is 0 Å². The fraction of sp³-hybridized carbons (Fsp3) is 0. The number of benzene rings is 1. The van der Waals surface area contributed by atoms with E-state index in [2.05, 4.69) is 47.8 Å². The highest BCUT2D eigenvalue weighted by molar-refractivity contribution is 9.28. The van der Waals surface area contributed by atoms with Crippen molar-refractivity contribution in [1.82, 2.24) is 0 Å². The molecule has 0 unspecified atom stereocenters. The van der Waals surface area contributed by atoms with Crippen LogP contribution in [0.4, 0.5) is 0 Å². The first-order valence-corrected chi connectivity index (χ1v) is 5.48. The Hall–Kier alpha value is 0.200. The lowest BCUT2D eigenvalue weighted by Crippen LogP contribution is -1.74. The quantitative estimate of drug-likeness (QED) is 0.797. The molecule has 64 valence electrons. The van der Waals surface area contributed by atoms with E-state index in [1.807, 2.05) is 6.07 Å². The van der Waals surface area contributed by atoms with Crippen LogP contribution in [-0.4, -0.2) is 5.11 Å². The van der Waals surface area contributed by atoms with Gasteiger partial charge in [0.05, 0.1) is 3.39 Å². The van der Waals surface area contributed by atoms with Gasteiger partial charge in [-0.25, -0.2) is 0 Å². The highest BCUT2D eigenvalue weighted by atomic mass is 79.9. The van der Waals surface area contributed by atoms with Gasteiger partial charge in [-0.3, -0.25) is 0 Å². The molecule has 1 aromatic carbocycles. The number of rotatable bonds is 1. The summed E-state index contributed by atoms with van der Waals surface area (Å²) in [6.07, 6.45) is 1.78. The van der Waals surface area contributed by atoms with Crippen LogP contribution < -0.4 is 0 Å². The second kappa shape index (κ2) is 4.44. The lowest BCUT2D eigenvalue weighted by Gasteiger charge is -1.98. The van der Waals surface area contributed by atoms with Crippen LogP contribution in [0, 0.1) is 0 Å². The molecule has 0 aliphatic rings. The first-order valence-electron chi connectivity index (χ1n) is 3.11. The predicted molar refractivity (Wildman–Crippen MR) is 61.6 cm³/mol. The van der Waals surface area contributed by atoms with Crippen LogP contribution >= 0.6 is 47.8 Å². The van der Waals surface area contributed by atoms with Crippen molar-refractivity contribution >= 4 is 53.9 Å². The fourth-order valence-electron chi connectivity index (χ4n) is 0.759. The van der Waals surface area contributed by atoms with E-state index in [1.54, 1.807) is 18.2 Å². The Morgan fingerprint density at radius 2 is 2.00 bits per heavy atom. The van der Waals surface area contributed by atoms with Crippen molar-refractivity contribution in [2.24, 2.45) is 0 Å². The van der Waals surface area contributed by atoms with Gasteiger partial charge in [-0.2, -0.15) is 0 Å².